The number of hydrogen-bond acceptors (Lipinski definition) is 3. The van der Waals surface area contributed by atoms with Gasteiger partial charge < -0.3 is 10.1 Å². The van der Waals surface area contributed by atoms with Gasteiger partial charge in [-0.05, 0) is 23.1 Å². The molecule has 0 spiro atoms. The van der Waals surface area contributed by atoms with E-state index in [1.165, 1.54) is 16.7 Å². The summed E-state index contributed by atoms with van der Waals surface area (Å²) in [4.78, 5) is 14.6. The van der Waals surface area contributed by atoms with E-state index in [0.717, 1.165) is 39.3 Å². The van der Waals surface area contributed by atoms with Crippen LogP contribution in [0.25, 0.3) is 0 Å². The zero-order chi connectivity index (χ0) is 17.3. The van der Waals surface area contributed by atoms with Crippen molar-refractivity contribution < 1.29 is 9.53 Å². The zero-order valence-corrected chi connectivity index (χ0v) is 14.6. The maximum atomic E-state index is 12.2. The van der Waals surface area contributed by atoms with Gasteiger partial charge in [-0.1, -0.05) is 54.6 Å². The van der Waals surface area contributed by atoms with Crippen LogP contribution in [0.15, 0.2) is 54.6 Å². The van der Waals surface area contributed by atoms with Crippen LogP contribution in [0.5, 0.6) is 0 Å². The summed E-state index contributed by atoms with van der Waals surface area (Å²) in [6, 6.07) is 18.5. The topological polar surface area (TPSA) is 41.6 Å². The molecule has 1 amide bonds. The summed E-state index contributed by atoms with van der Waals surface area (Å²) < 4.78 is 5.41. The second kappa shape index (κ2) is 9.35. The van der Waals surface area contributed by atoms with E-state index < -0.39 is 0 Å². The van der Waals surface area contributed by atoms with Gasteiger partial charge in [0.1, 0.15) is 0 Å². The number of hydrogen-bond donors (Lipinski definition) is 1. The van der Waals surface area contributed by atoms with Gasteiger partial charge in [-0.15, -0.1) is 0 Å². The van der Waals surface area contributed by atoms with Gasteiger partial charge in [0.25, 0.3) is 0 Å². The lowest BCUT2D eigenvalue weighted by molar-refractivity contribution is -0.121. The molecule has 0 atom stereocenters. The molecule has 1 N–H and O–H groups in total. The highest BCUT2D eigenvalue weighted by atomic mass is 16.5. The summed E-state index contributed by atoms with van der Waals surface area (Å²) >= 11 is 0. The summed E-state index contributed by atoms with van der Waals surface area (Å²) in [5.41, 5.74) is 3.68. The first-order valence-electron chi connectivity index (χ1n) is 8.99. The molecule has 3 rings (SSSR count). The monoisotopic (exact) mass is 338 g/mol. The SMILES string of the molecule is O=C(CCc1ccccc1)NCc1ccccc1CN1CCOCC1. The Labute approximate surface area is 149 Å². The molecule has 1 saturated heterocycles. The maximum absolute atomic E-state index is 12.2. The normalized spacial score (nSPS) is 15.0. The van der Waals surface area contributed by atoms with E-state index in [-0.39, 0.29) is 5.91 Å². The van der Waals surface area contributed by atoms with E-state index in [2.05, 4.69) is 40.5 Å². The molecular formula is C21H26N2O2. The van der Waals surface area contributed by atoms with Gasteiger partial charge in [-0.2, -0.15) is 0 Å². The van der Waals surface area contributed by atoms with Crippen molar-refractivity contribution in [2.45, 2.75) is 25.9 Å². The van der Waals surface area contributed by atoms with Crippen molar-refractivity contribution in [1.82, 2.24) is 10.2 Å². The van der Waals surface area contributed by atoms with Crippen molar-refractivity contribution in [1.29, 1.82) is 0 Å². The minimum atomic E-state index is 0.102. The fourth-order valence-electron chi connectivity index (χ4n) is 3.07. The first kappa shape index (κ1) is 17.6. The predicted molar refractivity (Wildman–Crippen MR) is 99.1 cm³/mol. The maximum Gasteiger partial charge on any atom is 0.220 e. The van der Waals surface area contributed by atoms with E-state index in [9.17, 15) is 4.79 Å². The minimum absolute atomic E-state index is 0.102. The zero-order valence-electron chi connectivity index (χ0n) is 14.6. The Hall–Kier alpha value is -2.17. The number of carbonyl (C=O) groups excluding carboxylic acids is 1. The fraction of sp³-hybridized carbons (Fsp3) is 0.381. The third kappa shape index (κ3) is 5.69. The lowest BCUT2D eigenvalue weighted by Crippen LogP contribution is -2.36. The number of aryl methyl sites for hydroxylation is 1. The number of benzene rings is 2. The molecule has 1 aliphatic heterocycles. The van der Waals surface area contributed by atoms with Crippen LogP contribution >= 0.6 is 0 Å². The second-order valence-electron chi connectivity index (χ2n) is 6.42. The third-order valence-electron chi connectivity index (χ3n) is 4.58. The highest BCUT2D eigenvalue weighted by Crippen LogP contribution is 2.13. The van der Waals surface area contributed by atoms with Crippen molar-refractivity contribution in [3.63, 3.8) is 0 Å². The molecule has 1 heterocycles. The fourth-order valence-corrected chi connectivity index (χ4v) is 3.07. The van der Waals surface area contributed by atoms with Gasteiger partial charge in [0, 0.05) is 32.6 Å². The summed E-state index contributed by atoms with van der Waals surface area (Å²) in [6.07, 6.45) is 1.30. The first-order valence-corrected chi connectivity index (χ1v) is 8.99. The van der Waals surface area contributed by atoms with Gasteiger partial charge in [-0.3, -0.25) is 9.69 Å². The van der Waals surface area contributed by atoms with Crippen LogP contribution in [-0.4, -0.2) is 37.1 Å². The molecule has 4 nitrogen and oxygen atoms in total. The van der Waals surface area contributed by atoms with Crippen molar-refractivity contribution in [3.8, 4) is 0 Å². The first-order chi connectivity index (χ1) is 12.3. The summed E-state index contributed by atoms with van der Waals surface area (Å²) in [7, 11) is 0. The molecule has 2 aromatic rings. The molecule has 0 radical (unpaired) electrons. The van der Waals surface area contributed by atoms with Crippen LogP contribution in [0.4, 0.5) is 0 Å². The quantitative estimate of drug-likeness (QED) is 0.844. The Morgan fingerprint density at radius 2 is 1.64 bits per heavy atom. The minimum Gasteiger partial charge on any atom is -0.379 e. The Bertz CT molecular complexity index is 667. The van der Waals surface area contributed by atoms with Crippen LogP contribution < -0.4 is 5.32 Å². The average Bonchev–Trinajstić information content (AvgIpc) is 2.67. The van der Waals surface area contributed by atoms with E-state index in [1.54, 1.807) is 0 Å². The third-order valence-corrected chi connectivity index (χ3v) is 4.58. The van der Waals surface area contributed by atoms with Crippen LogP contribution in [-0.2, 0) is 29.0 Å². The van der Waals surface area contributed by atoms with E-state index in [0.29, 0.717) is 13.0 Å². The summed E-state index contributed by atoms with van der Waals surface area (Å²) in [5, 5.41) is 3.06. The molecule has 1 fully saturated rings. The Morgan fingerprint density at radius 3 is 2.40 bits per heavy atom. The van der Waals surface area contributed by atoms with Crippen molar-refractivity contribution in [3.05, 3.63) is 71.3 Å². The molecule has 0 aromatic heterocycles. The largest absolute Gasteiger partial charge is 0.379 e. The molecule has 132 valence electrons. The summed E-state index contributed by atoms with van der Waals surface area (Å²) in [5.74, 6) is 0.102. The van der Waals surface area contributed by atoms with Gasteiger partial charge in [0.2, 0.25) is 5.91 Å². The Balaban J connectivity index is 1.49. The van der Waals surface area contributed by atoms with Crippen LogP contribution in [0.2, 0.25) is 0 Å². The number of carbonyl (C=O) groups is 1. The lowest BCUT2D eigenvalue weighted by Gasteiger charge is -2.27. The Kier molecular flexibility index (Phi) is 6.60. The smallest absolute Gasteiger partial charge is 0.220 e. The van der Waals surface area contributed by atoms with E-state index in [4.69, 9.17) is 4.74 Å². The molecule has 4 heteroatoms. The van der Waals surface area contributed by atoms with Gasteiger partial charge in [0.05, 0.1) is 13.2 Å². The lowest BCUT2D eigenvalue weighted by atomic mass is 10.1. The number of rotatable bonds is 7. The molecule has 0 saturated carbocycles. The van der Waals surface area contributed by atoms with Crippen molar-refractivity contribution in [2.24, 2.45) is 0 Å². The number of amides is 1. The summed E-state index contributed by atoms with van der Waals surface area (Å²) in [6.45, 7) is 5.06. The highest BCUT2D eigenvalue weighted by molar-refractivity contribution is 5.76. The molecule has 2 aromatic carbocycles. The standard InChI is InChI=1S/C21H26N2O2/c24-21(11-10-18-6-2-1-3-7-18)22-16-19-8-4-5-9-20(19)17-23-12-14-25-15-13-23/h1-9H,10-17H2,(H,22,24). The van der Waals surface area contributed by atoms with Gasteiger partial charge >= 0.3 is 0 Å². The van der Waals surface area contributed by atoms with E-state index in [1.807, 2.05) is 24.3 Å². The molecule has 0 unspecified atom stereocenters. The van der Waals surface area contributed by atoms with Crippen LogP contribution in [0.1, 0.15) is 23.1 Å². The molecular weight excluding hydrogens is 312 g/mol. The van der Waals surface area contributed by atoms with Crippen molar-refractivity contribution >= 4 is 5.91 Å². The number of nitrogens with zero attached hydrogens (tertiary/aromatic N) is 1. The van der Waals surface area contributed by atoms with Gasteiger partial charge in [-0.25, -0.2) is 0 Å². The van der Waals surface area contributed by atoms with E-state index >= 15 is 0 Å². The van der Waals surface area contributed by atoms with Crippen molar-refractivity contribution in [2.75, 3.05) is 26.3 Å². The van der Waals surface area contributed by atoms with Crippen LogP contribution in [0.3, 0.4) is 0 Å². The molecule has 25 heavy (non-hydrogen) atoms. The highest BCUT2D eigenvalue weighted by Gasteiger charge is 2.13. The van der Waals surface area contributed by atoms with Gasteiger partial charge in [0.15, 0.2) is 0 Å². The number of morpholine rings is 1. The molecule has 0 aliphatic carbocycles. The Morgan fingerprint density at radius 1 is 0.960 bits per heavy atom. The molecule has 0 bridgehead atoms. The predicted octanol–water partition coefficient (Wildman–Crippen LogP) is 2.77. The average molecular weight is 338 g/mol. The van der Waals surface area contributed by atoms with Crippen LogP contribution in [0, 0.1) is 0 Å². The molecule has 1 aliphatic rings. The second-order valence-corrected chi connectivity index (χ2v) is 6.42. The number of nitrogens with one attached hydrogen (secondary N) is 1. The number of ether oxygens (including phenoxy) is 1.